The minimum Gasteiger partial charge on any atom is -0.371 e. The first-order chi connectivity index (χ1) is 13.2. The first-order valence-electron chi connectivity index (χ1n) is 9.13. The van der Waals surface area contributed by atoms with Crippen LogP contribution in [0.1, 0.15) is 17.2 Å². The molecule has 0 aliphatic carbocycles. The maximum atomic E-state index is 6.34. The first kappa shape index (κ1) is 18.5. The second kappa shape index (κ2) is 8.45. The Morgan fingerprint density at radius 2 is 1.67 bits per heavy atom. The number of nitrogens with zero attached hydrogens (tertiary/aromatic N) is 1. The molecule has 4 heteroatoms. The van der Waals surface area contributed by atoms with E-state index in [-0.39, 0.29) is 6.10 Å². The fourth-order valence-electron chi connectivity index (χ4n) is 3.49. The maximum absolute atomic E-state index is 6.34. The molecule has 3 aromatic carbocycles. The van der Waals surface area contributed by atoms with E-state index in [4.69, 9.17) is 27.9 Å². The van der Waals surface area contributed by atoms with E-state index >= 15 is 0 Å². The Labute approximate surface area is 170 Å². The van der Waals surface area contributed by atoms with Gasteiger partial charge in [0.05, 0.1) is 22.8 Å². The van der Waals surface area contributed by atoms with Gasteiger partial charge in [0.1, 0.15) is 0 Å². The van der Waals surface area contributed by atoms with Crippen molar-refractivity contribution >= 4 is 23.2 Å². The van der Waals surface area contributed by atoms with Crippen LogP contribution < -0.4 is 0 Å². The van der Waals surface area contributed by atoms with E-state index in [0.29, 0.717) is 10.0 Å². The van der Waals surface area contributed by atoms with Crippen molar-refractivity contribution in [2.45, 2.75) is 12.6 Å². The van der Waals surface area contributed by atoms with Gasteiger partial charge >= 0.3 is 0 Å². The minimum absolute atomic E-state index is 0.143. The molecular weight excluding hydrogens is 377 g/mol. The van der Waals surface area contributed by atoms with Crippen LogP contribution in [0.2, 0.25) is 10.0 Å². The third-order valence-electron chi connectivity index (χ3n) is 4.94. The van der Waals surface area contributed by atoms with Crippen molar-refractivity contribution in [1.82, 2.24) is 4.90 Å². The van der Waals surface area contributed by atoms with Crippen molar-refractivity contribution in [2.75, 3.05) is 19.7 Å². The fourth-order valence-corrected chi connectivity index (χ4v) is 3.90. The summed E-state index contributed by atoms with van der Waals surface area (Å²) in [6.45, 7) is 3.53. The summed E-state index contributed by atoms with van der Waals surface area (Å²) < 4.78 is 5.96. The lowest BCUT2D eigenvalue weighted by Crippen LogP contribution is -2.37. The Hall–Kier alpha value is -1.84. The molecule has 0 N–H and O–H groups in total. The molecule has 1 atom stereocenters. The van der Waals surface area contributed by atoms with E-state index in [1.54, 1.807) is 0 Å². The molecule has 0 aromatic heterocycles. The highest BCUT2D eigenvalue weighted by Gasteiger charge is 2.21. The summed E-state index contributed by atoms with van der Waals surface area (Å²) in [5.41, 5.74) is 4.57. The molecule has 0 amide bonds. The van der Waals surface area contributed by atoms with E-state index in [0.717, 1.165) is 37.4 Å². The molecule has 1 aliphatic heterocycles. The molecule has 138 valence electrons. The van der Waals surface area contributed by atoms with Crippen LogP contribution in [0, 0.1) is 0 Å². The van der Waals surface area contributed by atoms with Gasteiger partial charge < -0.3 is 4.74 Å². The fraction of sp³-hybridized carbons (Fsp3) is 0.217. The molecule has 1 unspecified atom stereocenters. The van der Waals surface area contributed by atoms with Gasteiger partial charge in [0.25, 0.3) is 0 Å². The summed E-state index contributed by atoms with van der Waals surface area (Å²) in [6, 6.07) is 24.7. The highest BCUT2D eigenvalue weighted by Crippen LogP contribution is 2.33. The average Bonchev–Trinajstić information content (AvgIpc) is 2.72. The third-order valence-corrected chi connectivity index (χ3v) is 5.76. The molecule has 2 nitrogen and oxygen atoms in total. The van der Waals surface area contributed by atoms with Crippen LogP contribution in [0.4, 0.5) is 0 Å². The number of hydrogen-bond donors (Lipinski definition) is 0. The van der Waals surface area contributed by atoms with Crippen molar-refractivity contribution < 1.29 is 4.74 Å². The van der Waals surface area contributed by atoms with E-state index in [2.05, 4.69) is 53.4 Å². The van der Waals surface area contributed by atoms with Crippen molar-refractivity contribution in [2.24, 2.45) is 0 Å². The van der Waals surface area contributed by atoms with Gasteiger partial charge in [-0.25, -0.2) is 0 Å². The second-order valence-electron chi connectivity index (χ2n) is 6.80. The summed E-state index contributed by atoms with van der Waals surface area (Å²) in [5, 5.41) is 1.18. The topological polar surface area (TPSA) is 12.5 Å². The second-order valence-corrected chi connectivity index (χ2v) is 7.59. The largest absolute Gasteiger partial charge is 0.371 e. The minimum atomic E-state index is 0.143. The van der Waals surface area contributed by atoms with Gasteiger partial charge in [-0.1, -0.05) is 89.9 Å². The molecule has 1 aliphatic rings. The standard InChI is InChI=1S/C23H21Cl2NO/c24-21-8-4-7-20(23(21)25)18-11-9-17(10-12-18)15-26-13-14-27-22(16-26)19-5-2-1-3-6-19/h1-12,22H,13-16H2. The van der Waals surface area contributed by atoms with Gasteiger partial charge in [-0.15, -0.1) is 0 Å². The highest BCUT2D eigenvalue weighted by atomic mass is 35.5. The Balaban J connectivity index is 1.45. The molecule has 0 saturated carbocycles. The molecule has 3 aromatic rings. The van der Waals surface area contributed by atoms with E-state index in [1.807, 2.05) is 24.3 Å². The molecule has 1 fully saturated rings. The summed E-state index contributed by atoms with van der Waals surface area (Å²) >= 11 is 12.5. The molecule has 0 bridgehead atoms. The quantitative estimate of drug-likeness (QED) is 0.516. The van der Waals surface area contributed by atoms with Gasteiger partial charge in [-0.2, -0.15) is 0 Å². The Morgan fingerprint density at radius 1 is 0.889 bits per heavy atom. The normalized spacial score (nSPS) is 17.8. The predicted molar refractivity (Wildman–Crippen MR) is 112 cm³/mol. The summed E-state index contributed by atoms with van der Waals surface area (Å²) in [6.07, 6.45) is 0.143. The van der Waals surface area contributed by atoms with Gasteiger partial charge in [0, 0.05) is 25.2 Å². The van der Waals surface area contributed by atoms with Crippen molar-refractivity contribution in [3.05, 3.63) is 94.0 Å². The maximum Gasteiger partial charge on any atom is 0.0952 e. The summed E-state index contributed by atoms with van der Waals surface area (Å²) in [5.74, 6) is 0. The van der Waals surface area contributed by atoms with Gasteiger partial charge in [-0.05, 0) is 22.8 Å². The average molecular weight is 398 g/mol. The predicted octanol–water partition coefficient (Wildman–Crippen LogP) is 6.23. The van der Waals surface area contributed by atoms with Crippen molar-refractivity contribution in [3.8, 4) is 11.1 Å². The zero-order valence-corrected chi connectivity index (χ0v) is 16.5. The number of benzene rings is 3. The Kier molecular flexibility index (Phi) is 5.80. The SMILES string of the molecule is Clc1cccc(-c2ccc(CN3CCOC(c4ccccc4)C3)cc2)c1Cl. The lowest BCUT2D eigenvalue weighted by Gasteiger charge is -2.33. The van der Waals surface area contributed by atoms with Crippen molar-refractivity contribution in [3.63, 3.8) is 0 Å². The lowest BCUT2D eigenvalue weighted by molar-refractivity contribution is -0.0329. The first-order valence-corrected chi connectivity index (χ1v) is 9.88. The number of halogens is 2. The molecule has 0 radical (unpaired) electrons. The van der Waals surface area contributed by atoms with Crippen LogP contribution in [0.3, 0.4) is 0 Å². The summed E-state index contributed by atoms with van der Waals surface area (Å²) in [7, 11) is 0. The summed E-state index contributed by atoms with van der Waals surface area (Å²) in [4.78, 5) is 2.45. The Morgan fingerprint density at radius 3 is 2.44 bits per heavy atom. The number of ether oxygens (including phenoxy) is 1. The third kappa shape index (κ3) is 4.36. The zero-order chi connectivity index (χ0) is 18.6. The van der Waals surface area contributed by atoms with Crippen LogP contribution in [-0.4, -0.2) is 24.6 Å². The molecule has 4 rings (SSSR count). The molecule has 27 heavy (non-hydrogen) atoms. The number of hydrogen-bond acceptors (Lipinski definition) is 2. The van der Waals surface area contributed by atoms with Gasteiger partial charge in [0.2, 0.25) is 0 Å². The van der Waals surface area contributed by atoms with Crippen LogP contribution in [0.25, 0.3) is 11.1 Å². The molecule has 0 spiro atoms. The van der Waals surface area contributed by atoms with Crippen LogP contribution in [0.15, 0.2) is 72.8 Å². The van der Waals surface area contributed by atoms with Crippen LogP contribution >= 0.6 is 23.2 Å². The van der Waals surface area contributed by atoms with Crippen LogP contribution in [-0.2, 0) is 11.3 Å². The smallest absolute Gasteiger partial charge is 0.0952 e. The lowest BCUT2D eigenvalue weighted by atomic mass is 10.0. The van der Waals surface area contributed by atoms with Crippen molar-refractivity contribution in [1.29, 1.82) is 0 Å². The van der Waals surface area contributed by atoms with Gasteiger partial charge in [-0.3, -0.25) is 4.90 Å². The van der Waals surface area contributed by atoms with Gasteiger partial charge in [0.15, 0.2) is 0 Å². The van der Waals surface area contributed by atoms with E-state index < -0.39 is 0 Å². The number of morpholine rings is 1. The van der Waals surface area contributed by atoms with E-state index in [1.165, 1.54) is 11.1 Å². The Bertz CT molecular complexity index is 896. The molecule has 1 saturated heterocycles. The number of rotatable bonds is 4. The highest BCUT2D eigenvalue weighted by molar-refractivity contribution is 6.43. The zero-order valence-electron chi connectivity index (χ0n) is 14.9. The van der Waals surface area contributed by atoms with E-state index in [9.17, 15) is 0 Å². The molecular formula is C23H21Cl2NO. The molecule has 1 heterocycles. The van der Waals surface area contributed by atoms with Crippen LogP contribution in [0.5, 0.6) is 0 Å². The monoisotopic (exact) mass is 397 g/mol.